The Labute approximate surface area is 108 Å². The third-order valence-corrected chi connectivity index (χ3v) is 3.93. The Morgan fingerprint density at radius 2 is 1.61 bits per heavy atom. The van der Waals surface area contributed by atoms with Gasteiger partial charge in [-0.1, -0.05) is 19.3 Å². The van der Waals surface area contributed by atoms with E-state index in [-0.39, 0.29) is 11.9 Å². The Kier molecular flexibility index (Phi) is 4.58. The lowest BCUT2D eigenvalue weighted by atomic mass is 9.95. The molecule has 0 aromatic carbocycles. The molecule has 1 N–H and O–H groups in total. The van der Waals surface area contributed by atoms with Gasteiger partial charge in [-0.15, -0.1) is 0 Å². The Balaban J connectivity index is 1.79. The number of carbonyl (C=O) groups excluding carboxylic acids is 2. The fourth-order valence-electron chi connectivity index (χ4n) is 2.65. The maximum absolute atomic E-state index is 12.0. The second-order valence-electron chi connectivity index (χ2n) is 5.40. The predicted molar refractivity (Wildman–Crippen MR) is 69.1 cm³/mol. The van der Waals surface area contributed by atoms with Crippen LogP contribution in [0.15, 0.2) is 0 Å². The normalized spacial score (nSPS) is 22.8. The Morgan fingerprint density at radius 3 is 2.22 bits per heavy atom. The number of nitrogens with one attached hydrogen (secondary N) is 1. The van der Waals surface area contributed by atoms with Crippen molar-refractivity contribution in [2.24, 2.45) is 0 Å². The summed E-state index contributed by atoms with van der Waals surface area (Å²) in [6.07, 6.45) is 5.60. The highest BCUT2D eigenvalue weighted by molar-refractivity contribution is 6.35. The number of amides is 2. The van der Waals surface area contributed by atoms with Crippen LogP contribution in [0.3, 0.4) is 0 Å². The van der Waals surface area contributed by atoms with Gasteiger partial charge in [-0.05, 0) is 19.9 Å². The molecule has 2 amide bonds. The van der Waals surface area contributed by atoms with Crippen LogP contribution in [0.4, 0.5) is 0 Å². The molecule has 0 spiro atoms. The number of carbonyl (C=O) groups is 2. The van der Waals surface area contributed by atoms with Gasteiger partial charge in [0.05, 0.1) is 0 Å². The van der Waals surface area contributed by atoms with E-state index in [2.05, 4.69) is 10.2 Å². The van der Waals surface area contributed by atoms with Gasteiger partial charge in [-0.25, -0.2) is 0 Å². The monoisotopic (exact) mass is 253 g/mol. The first-order valence-electron chi connectivity index (χ1n) is 6.95. The molecule has 0 aromatic heterocycles. The summed E-state index contributed by atoms with van der Waals surface area (Å²) in [6.45, 7) is 3.02. The molecule has 1 heterocycles. The van der Waals surface area contributed by atoms with E-state index in [0.717, 1.165) is 38.8 Å². The van der Waals surface area contributed by atoms with Crippen molar-refractivity contribution in [3.05, 3.63) is 0 Å². The fraction of sp³-hybridized carbons (Fsp3) is 0.846. The first kappa shape index (κ1) is 13.3. The molecule has 0 bridgehead atoms. The van der Waals surface area contributed by atoms with Gasteiger partial charge in [0.15, 0.2) is 0 Å². The maximum atomic E-state index is 12.0. The average molecular weight is 253 g/mol. The van der Waals surface area contributed by atoms with Crippen LogP contribution in [0.1, 0.15) is 32.1 Å². The molecule has 0 unspecified atom stereocenters. The molecule has 2 aliphatic rings. The maximum Gasteiger partial charge on any atom is 0.311 e. The van der Waals surface area contributed by atoms with E-state index < -0.39 is 5.91 Å². The van der Waals surface area contributed by atoms with Gasteiger partial charge in [0.2, 0.25) is 0 Å². The zero-order valence-corrected chi connectivity index (χ0v) is 11.2. The quantitative estimate of drug-likeness (QED) is 0.680. The molecule has 1 saturated carbocycles. The van der Waals surface area contributed by atoms with E-state index >= 15 is 0 Å². The van der Waals surface area contributed by atoms with Gasteiger partial charge in [0.25, 0.3) is 0 Å². The summed E-state index contributed by atoms with van der Waals surface area (Å²) in [6, 6.07) is 0.211. The minimum atomic E-state index is -0.411. The third kappa shape index (κ3) is 3.45. The van der Waals surface area contributed by atoms with Gasteiger partial charge in [-0.2, -0.15) is 0 Å². The molecule has 1 aliphatic heterocycles. The van der Waals surface area contributed by atoms with Gasteiger partial charge in [0, 0.05) is 32.2 Å². The summed E-state index contributed by atoms with van der Waals surface area (Å²) in [7, 11) is 2.03. The van der Waals surface area contributed by atoms with Crippen molar-refractivity contribution in [3.63, 3.8) is 0 Å². The van der Waals surface area contributed by atoms with Crippen molar-refractivity contribution >= 4 is 11.8 Å². The summed E-state index contributed by atoms with van der Waals surface area (Å²) in [5, 5.41) is 2.88. The number of nitrogens with zero attached hydrogens (tertiary/aromatic N) is 2. The molecule has 1 saturated heterocycles. The predicted octanol–water partition coefficient (Wildman–Crippen LogP) is 0.209. The SMILES string of the molecule is CN1CCN(C(=O)C(=O)NC2CCCCC2)CC1. The molecule has 0 atom stereocenters. The van der Waals surface area contributed by atoms with Gasteiger partial charge < -0.3 is 15.1 Å². The number of piperazine rings is 1. The molecule has 1 aliphatic carbocycles. The minimum Gasteiger partial charge on any atom is -0.345 e. The fourth-order valence-corrected chi connectivity index (χ4v) is 2.65. The lowest BCUT2D eigenvalue weighted by Gasteiger charge is -2.32. The molecule has 5 heteroatoms. The Morgan fingerprint density at radius 1 is 1.00 bits per heavy atom. The highest BCUT2D eigenvalue weighted by Gasteiger charge is 2.26. The second kappa shape index (κ2) is 6.18. The van der Waals surface area contributed by atoms with Crippen molar-refractivity contribution in [1.29, 1.82) is 0 Å². The molecule has 5 nitrogen and oxygen atoms in total. The van der Waals surface area contributed by atoms with Crippen LogP contribution in [0.5, 0.6) is 0 Å². The van der Waals surface area contributed by atoms with Crippen LogP contribution >= 0.6 is 0 Å². The third-order valence-electron chi connectivity index (χ3n) is 3.93. The zero-order valence-electron chi connectivity index (χ0n) is 11.2. The van der Waals surface area contributed by atoms with Crippen LogP contribution in [-0.2, 0) is 9.59 Å². The van der Waals surface area contributed by atoms with Gasteiger partial charge in [0.1, 0.15) is 0 Å². The van der Waals surface area contributed by atoms with Crippen molar-refractivity contribution in [2.45, 2.75) is 38.1 Å². The number of rotatable bonds is 1. The smallest absolute Gasteiger partial charge is 0.311 e. The van der Waals surface area contributed by atoms with E-state index in [1.807, 2.05) is 7.05 Å². The number of hydrogen-bond donors (Lipinski definition) is 1. The van der Waals surface area contributed by atoms with E-state index in [1.54, 1.807) is 4.90 Å². The van der Waals surface area contributed by atoms with Crippen LogP contribution < -0.4 is 5.32 Å². The number of hydrogen-bond acceptors (Lipinski definition) is 3. The summed E-state index contributed by atoms with van der Waals surface area (Å²) in [5.41, 5.74) is 0. The van der Waals surface area contributed by atoms with Crippen LogP contribution in [0, 0.1) is 0 Å². The summed E-state index contributed by atoms with van der Waals surface area (Å²) in [5.74, 6) is -0.764. The van der Waals surface area contributed by atoms with Crippen molar-refractivity contribution in [3.8, 4) is 0 Å². The van der Waals surface area contributed by atoms with Crippen molar-refractivity contribution in [2.75, 3.05) is 33.2 Å². The lowest BCUT2D eigenvalue weighted by Crippen LogP contribution is -2.53. The standard InChI is InChI=1S/C13H23N3O2/c1-15-7-9-16(10-8-15)13(18)12(17)14-11-5-3-2-4-6-11/h11H,2-10H2,1H3,(H,14,17). The van der Waals surface area contributed by atoms with E-state index in [4.69, 9.17) is 0 Å². The largest absolute Gasteiger partial charge is 0.345 e. The number of likely N-dealkylation sites (N-methyl/N-ethyl adjacent to an activating group) is 1. The molecule has 0 aromatic rings. The van der Waals surface area contributed by atoms with Crippen LogP contribution in [0.25, 0.3) is 0 Å². The average Bonchev–Trinajstić information content (AvgIpc) is 2.40. The Bertz CT molecular complexity index is 305. The molecule has 18 heavy (non-hydrogen) atoms. The van der Waals surface area contributed by atoms with E-state index in [0.29, 0.717) is 13.1 Å². The van der Waals surface area contributed by atoms with Gasteiger partial charge in [-0.3, -0.25) is 9.59 Å². The molecule has 2 fully saturated rings. The molecule has 102 valence electrons. The summed E-state index contributed by atoms with van der Waals surface area (Å²) in [4.78, 5) is 27.7. The molecule has 0 radical (unpaired) electrons. The van der Waals surface area contributed by atoms with Crippen LogP contribution in [-0.4, -0.2) is 60.9 Å². The first-order chi connectivity index (χ1) is 8.66. The van der Waals surface area contributed by atoms with Crippen molar-refractivity contribution < 1.29 is 9.59 Å². The van der Waals surface area contributed by atoms with Crippen LogP contribution in [0.2, 0.25) is 0 Å². The minimum absolute atomic E-state index is 0.211. The summed E-state index contributed by atoms with van der Waals surface area (Å²) >= 11 is 0. The highest BCUT2D eigenvalue weighted by Crippen LogP contribution is 2.17. The van der Waals surface area contributed by atoms with Crippen molar-refractivity contribution in [1.82, 2.24) is 15.1 Å². The molecular weight excluding hydrogens is 230 g/mol. The zero-order chi connectivity index (χ0) is 13.0. The second-order valence-corrected chi connectivity index (χ2v) is 5.40. The first-order valence-corrected chi connectivity index (χ1v) is 6.95. The lowest BCUT2D eigenvalue weighted by molar-refractivity contribution is -0.147. The summed E-state index contributed by atoms with van der Waals surface area (Å²) < 4.78 is 0. The van der Waals surface area contributed by atoms with Gasteiger partial charge >= 0.3 is 11.8 Å². The molecule has 2 rings (SSSR count). The van der Waals surface area contributed by atoms with E-state index in [1.165, 1.54) is 6.42 Å². The van der Waals surface area contributed by atoms with E-state index in [9.17, 15) is 9.59 Å². The highest BCUT2D eigenvalue weighted by atomic mass is 16.2. The Hall–Kier alpha value is -1.10. The molecular formula is C13H23N3O2. The topological polar surface area (TPSA) is 52.7 Å².